The highest BCUT2D eigenvalue weighted by Crippen LogP contribution is 2.28. The maximum absolute atomic E-state index is 11.0. The molecule has 0 saturated carbocycles. The fourth-order valence-corrected chi connectivity index (χ4v) is 4.03. The Labute approximate surface area is 190 Å². The molecular formula is C25H22N2O4S. The van der Waals surface area contributed by atoms with Crippen LogP contribution in [-0.4, -0.2) is 21.0 Å². The summed E-state index contributed by atoms with van der Waals surface area (Å²) < 4.78 is 11.6. The van der Waals surface area contributed by atoms with E-state index in [9.17, 15) is 4.79 Å². The van der Waals surface area contributed by atoms with Gasteiger partial charge in [-0.3, -0.25) is 4.79 Å². The normalized spacial score (nSPS) is 10.7. The quantitative estimate of drug-likeness (QED) is 0.376. The number of nitrogens with zero attached hydrogens (tertiary/aromatic N) is 2. The van der Waals surface area contributed by atoms with Gasteiger partial charge in [-0.05, 0) is 19.1 Å². The molecule has 162 valence electrons. The van der Waals surface area contributed by atoms with Crippen molar-refractivity contribution < 1.29 is 19.4 Å². The third kappa shape index (κ3) is 5.50. The molecule has 1 N–H and O–H groups in total. The highest BCUT2D eigenvalue weighted by molar-refractivity contribution is 7.15. The zero-order chi connectivity index (χ0) is 22.3. The number of carbonyl (C=O) groups is 1. The van der Waals surface area contributed by atoms with Gasteiger partial charge in [0.2, 0.25) is 5.88 Å². The fraction of sp³-hybridized carbons (Fsp3) is 0.160. The third-order valence-electron chi connectivity index (χ3n) is 4.78. The maximum Gasteiger partial charge on any atom is 0.307 e. The average molecular weight is 447 g/mol. The predicted octanol–water partition coefficient (Wildman–Crippen LogP) is 5.30. The molecule has 0 aliphatic heterocycles. The number of rotatable bonds is 9. The van der Waals surface area contributed by atoms with E-state index in [-0.39, 0.29) is 13.0 Å². The van der Waals surface area contributed by atoms with Crippen LogP contribution in [0, 0.1) is 6.92 Å². The number of carboxylic acid groups (broad SMARTS) is 1. The number of aromatic nitrogens is 2. The van der Waals surface area contributed by atoms with Crippen LogP contribution in [0.15, 0.2) is 72.9 Å². The summed E-state index contributed by atoms with van der Waals surface area (Å²) in [4.78, 5) is 21.2. The van der Waals surface area contributed by atoms with E-state index in [0.29, 0.717) is 23.8 Å². The Kier molecular flexibility index (Phi) is 6.77. The summed E-state index contributed by atoms with van der Waals surface area (Å²) in [5, 5.41) is 10.0. The van der Waals surface area contributed by atoms with Crippen LogP contribution in [0.3, 0.4) is 0 Å². The van der Waals surface area contributed by atoms with Crippen LogP contribution in [0.4, 0.5) is 0 Å². The fourth-order valence-electron chi connectivity index (χ4n) is 3.10. The number of benzene rings is 2. The summed E-state index contributed by atoms with van der Waals surface area (Å²) in [6, 6.07) is 20.9. The Morgan fingerprint density at radius 3 is 2.50 bits per heavy atom. The van der Waals surface area contributed by atoms with Crippen LogP contribution in [0.25, 0.3) is 10.6 Å². The molecule has 0 spiro atoms. The van der Waals surface area contributed by atoms with Crippen molar-refractivity contribution in [3.05, 3.63) is 94.6 Å². The summed E-state index contributed by atoms with van der Waals surface area (Å²) in [6.45, 7) is 2.68. The van der Waals surface area contributed by atoms with Gasteiger partial charge in [-0.25, -0.2) is 9.97 Å². The zero-order valence-electron chi connectivity index (χ0n) is 17.5. The summed E-state index contributed by atoms with van der Waals surface area (Å²) in [6.07, 6.45) is 1.61. The molecule has 2 aromatic carbocycles. The predicted molar refractivity (Wildman–Crippen MR) is 123 cm³/mol. The largest absolute Gasteiger partial charge is 0.489 e. The van der Waals surface area contributed by atoms with Crippen molar-refractivity contribution in [2.24, 2.45) is 0 Å². The topological polar surface area (TPSA) is 81.5 Å². The van der Waals surface area contributed by atoms with Gasteiger partial charge in [-0.15, -0.1) is 11.3 Å². The lowest BCUT2D eigenvalue weighted by atomic mass is 10.1. The summed E-state index contributed by atoms with van der Waals surface area (Å²) in [7, 11) is 0. The van der Waals surface area contributed by atoms with Crippen molar-refractivity contribution in [2.45, 2.75) is 26.6 Å². The number of aliphatic carboxylic acids is 1. The number of hydrogen-bond acceptors (Lipinski definition) is 6. The van der Waals surface area contributed by atoms with Crippen molar-refractivity contribution in [3.8, 4) is 22.2 Å². The van der Waals surface area contributed by atoms with E-state index in [1.165, 1.54) is 0 Å². The molecule has 0 saturated heterocycles. The van der Waals surface area contributed by atoms with Crippen LogP contribution >= 0.6 is 11.3 Å². The average Bonchev–Trinajstić information content (AvgIpc) is 3.18. The van der Waals surface area contributed by atoms with Gasteiger partial charge in [0.15, 0.2) is 0 Å². The summed E-state index contributed by atoms with van der Waals surface area (Å²) >= 11 is 1.65. The first-order valence-electron chi connectivity index (χ1n) is 10.1. The number of aryl methyl sites for hydroxylation is 1. The van der Waals surface area contributed by atoms with Crippen LogP contribution in [0.2, 0.25) is 0 Å². The van der Waals surface area contributed by atoms with E-state index < -0.39 is 5.97 Å². The SMILES string of the molecule is Cc1sc(-c2ccccc2)nc1COc1ccc(COc2ccccc2CC(=O)O)cn1. The molecule has 4 rings (SSSR count). The minimum Gasteiger partial charge on any atom is -0.489 e. The molecule has 4 aromatic rings. The van der Waals surface area contributed by atoms with Gasteiger partial charge in [0, 0.05) is 33.8 Å². The maximum atomic E-state index is 11.0. The lowest BCUT2D eigenvalue weighted by Crippen LogP contribution is -2.04. The van der Waals surface area contributed by atoms with Gasteiger partial charge in [-0.2, -0.15) is 0 Å². The highest BCUT2D eigenvalue weighted by Gasteiger charge is 2.11. The first kappa shape index (κ1) is 21.5. The van der Waals surface area contributed by atoms with Crippen molar-refractivity contribution >= 4 is 17.3 Å². The number of pyridine rings is 1. The lowest BCUT2D eigenvalue weighted by Gasteiger charge is -2.10. The Morgan fingerprint density at radius 2 is 1.75 bits per heavy atom. The Morgan fingerprint density at radius 1 is 0.969 bits per heavy atom. The van der Waals surface area contributed by atoms with Crippen molar-refractivity contribution in [1.82, 2.24) is 9.97 Å². The first-order chi connectivity index (χ1) is 15.6. The molecule has 2 aromatic heterocycles. The number of ether oxygens (including phenoxy) is 2. The second-order valence-corrected chi connectivity index (χ2v) is 8.35. The van der Waals surface area contributed by atoms with Gasteiger partial charge in [0.25, 0.3) is 0 Å². The number of hydrogen-bond donors (Lipinski definition) is 1. The highest BCUT2D eigenvalue weighted by atomic mass is 32.1. The number of carboxylic acids is 1. The Hall–Kier alpha value is -3.71. The van der Waals surface area contributed by atoms with Crippen LogP contribution in [0.5, 0.6) is 11.6 Å². The molecule has 0 radical (unpaired) electrons. The minimum absolute atomic E-state index is 0.0801. The molecule has 0 atom stereocenters. The molecule has 0 unspecified atom stereocenters. The lowest BCUT2D eigenvalue weighted by molar-refractivity contribution is -0.136. The summed E-state index contributed by atoms with van der Waals surface area (Å²) in [5.74, 6) is 0.174. The Balaban J connectivity index is 1.34. The van der Waals surface area contributed by atoms with E-state index in [0.717, 1.165) is 26.7 Å². The van der Waals surface area contributed by atoms with Gasteiger partial charge in [-0.1, -0.05) is 48.5 Å². The molecule has 7 heteroatoms. The van der Waals surface area contributed by atoms with E-state index in [4.69, 9.17) is 19.6 Å². The van der Waals surface area contributed by atoms with E-state index >= 15 is 0 Å². The smallest absolute Gasteiger partial charge is 0.307 e. The molecule has 0 aliphatic rings. The minimum atomic E-state index is -0.893. The molecule has 0 amide bonds. The Bertz CT molecular complexity index is 1190. The van der Waals surface area contributed by atoms with Crippen molar-refractivity contribution in [2.75, 3.05) is 0 Å². The number of thiazole rings is 1. The van der Waals surface area contributed by atoms with Gasteiger partial charge in [0.1, 0.15) is 24.0 Å². The molecule has 32 heavy (non-hydrogen) atoms. The van der Waals surface area contributed by atoms with Crippen LogP contribution in [-0.2, 0) is 24.4 Å². The first-order valence-corrected chi connectivity index (χ1v) is 10.9. The third-order valence-corrected chi connectivity index (χ3v) is 5.84. The van der Waals surface area contributed by atoms with Gasteiger partial charge in [0.05, 0.1) is 12.1 Å². The van der Waals surface area contributed by atoms with Gasteiger partial charge < -0.3 is 14.6 Å². The van der Waals surface area contributed by atoms with E-state index in [2.05, 4.69) is 4.98 Å². The monoisotopic (exact) mass is 446 g/mol. The molecule has 2 heterocycles. The molecule has 0 bridgehead atoms. The van der Waals surface area contributed by atoms with Crippen molar-refractivity contribution in [3.63, 3.8) is 0 Å². The standard InChI is InChI=1S/C25H22N2O4S/c1-17-21(27-25(32-17)19-7-3-2-4-8-19)16-31-23-12-11-18(14-26-23)15-30-22-10-6-5-9-20(22)13-24(28)29/h2-12,14H,13,15-16H2,1H3,(H,28,29). The van der Waals surface area contributed by atoms with Crippen LogP contribution < -0.4 is 9.47 Å². The summed E-state index contributed by atoms with van der Waals surface area (Å²) in [5.41, 5.74) is 3.50. The zero-order valence-corrected chi connectivity index (χ0v) is 18.3. The van der Waals surface area contributed by atoms with E-state index in [1.807, 2.05) is 49.4 Å². The van der Waals surface area contributed by atoms with Crippen LogP contribution in [0.1, 0.15) is 21.7 Å². The second kappa shape index (κ2) is 10.1. The second-order valence-electron chi connectivity index (χ2n) is 7.15. The van der Waals surface area contributed by atoms with Gasteiger partial charge >= 0.3 is 5.97 Å². The van der Waals surface area contributed by atoms with Crippen molar-refractivity contribution in [1.29, 1.82) is 0 Å². The molecule has 6 nitrogen and oxygen atoms in total. The molecule has 0 aliphatic carbocycles. The molecule has 0 fully saturated rings. The molecular weight excluding hydrogens is 424 g/mol. The number of para-hydroxylation sites is 1. The van der Waals surface area contributed by atoms with E-state index in [1.54, 1.807) is 41.8 Å².